The Bertz CT molecular complexity index is 1360. The molecule has 2 saturated heterocycles. The van der Waals surface area contributed by atoms with Gasteiger partial charge < -0.3 is 9.80 Å². The summed E-state index contributed by atoms with van der Waals surface area (Å²) in [4.78, 5) is 16.7. The zero-order chi connectivity index (χ0) is 27.0. The van der Waals surface area contributed by atoms with E-state index in [1.54, 1.807) is 34.1 Å². The third-order valence-electron chi connectivity index (χ3n) is 6.81. The molecule has 0 N–H and O–H groups in total. The van der Waals surface area contributed by atoms with Gasteiger partial charge >= 0.3 is 6.03 Å². The summed E-state index contributed by atoms with van der Waals surface area (Å²) in [6, 6.07) is 11.4. The fraction of sp³-hybridized carbons (Fsp3) is 0.458. The first-order valence-electron chi connectivity index (χ1n) is 11.7. The number of hydrogen-bond donors (Lipinski definition) is 0. The number of carbonyl (C=O) groups excluding carboxylic acids is 1. The topological polar surface area (TPSA) is 104 Å². The number of rotatable bonds is 6. The number of carbonyl (C=O) groups is 1. The standard InChI is InChI=1S/C24H29Cl2N3O6S2/c1-17-3-6-20(7-4-17)37(33,34)35-16-19-14-28(15-21(19)18-5-8-22(25)23(26)13-18)24(30)27-9-11-29(12-10-27)36(2,31)32/h3-8,13,19,21H,9-12,14-16H2,1-2H3/t19?,21-/m1/s1. The average molecular weight is 591 g/mol. The normalized spacial score (nSPS) is 21.4. The lowest BCUT2D eigenvalue weighted by Gasteiger charge is -2.35. The first-order valence-corrected chi connectivity index (χ1v) is 15.8. The summed E-state index contributed by atoms with van der Waals surface area (Å²) in [6.45, 7) is 3.38. The van der Waals surface area contributed by atoms with Gasteiger partial charge in [0, 0.05) is 51.1 Å². The van der Waals surface area contributed by atoms with Crippen molar-refractivity contribution in [2.45, 2.75) is 17.7 Å². The summed E-state index contributed by atoms with van der Waals surface area (Å²) in [7, 11) is -7.30. The Morgan fingerprint density at radius 3 is 2.16 bits per heavy atom. The van der Waals surface area contributed by atoms with Crippen LogP contribution in [0.4, 0.5) is 4.79 Å². The van der Waals surface area contributed by atoms with Crippen LogP contribution in [0.3, 0.4) is 0 Å². The molecule has 4 rings (SSSR count). The number of benzene rings is 2. The van der Waals surface area contributed by atoms with Crippen LogP contribution in [0, 0.1) is 12.8 Å². The number of aryl methyl sites for hydroxylation is 1. The highest BCUT2D eigenvalue weighted by atomic mass is 35.5. The van der Waals surface area contributed by atoms with Crippen LogP contribution in [0.15, 0.2) is 47.4 Å². The van der Waals surface area contributed by atoms with Gasteiger partial charge in [-0.2, -0.15) is 12.7 Å². The zero-order valence-electron chi connectivity index (χ0n) is 20.5. The molecular formula is C24H29Cl2N3O6S2. The summed E-state index contributed by atoms with van der Waals surface area (Å²) >= 11 is 12.3. The fourth-order valence-corrected chi connectivity index (χ4v) is 6.77. The molecule has 37 heavy (non-hydrogen) atoms. The molecule has 0 radical (unpaired) electrons. The van der Waals surface area contributed by atoms with E-state index in [1.807, 2.05) is 13.0 Å². The van der Waals surface area contributed by atoms with Gasteiger partial charge in [0.05, 0.1) is 27.8 Å². The lowest BCUT2D eigenvalue weighted by atomic mass is 9.89. The first-order chi connectivity index (χ1) is 17.3. The van der Waals surface area contributed by atoms with E-state index >= 15 is 0 Å². The van der Waals surface area contributed by atoms with Crippen LogP contribution in [-0.4, -0.2) is 89.1 Å². The van der Waals surface area contributed by atoms with Crippen molar-refractivity contribution in [2.24, 2.45) is 5.92 Å². The summed E-state index contributed by atoms with van der Waals surface area (Å²) in [5.41, 5.74) is 1.76. The third kappa shape index (κ3) is 6.58. The molecule has 13 heteroatoms. The van der Waals surface area contributed by atoms with Crippen molar-refractivity contribution in [1.29, 1.82) is 0 Å². The maximum atomic E-state index is 13.3. The van der Waals surface area contributed by atoms with Crippen molar-refractivity contribution < 1.29 is 25.8 Å². The molecule has 2 atom stereocenters. The lowest BCUT2D eigenvalue weighted by molar-refractivity contribution is 0.139. The summed E-state index contributed by atoms with van der Waals surface area (Å²) in [6.07, 6.45) is 1.15. The average Bonchev–Trinajstić information content (AvgIpc) is 3.28. The second-order valence-electron chi connectivity index (χ2n) is 9.43. The quantitative estimate of drug-likeness (QED) is 0.478. The van der Waals surface area contributed by atoms with Gasteiger partial charge in [-0.05, 0) is 36.8 Å². The van der Waals surface area contributed by atoms with E-state index < -0.39 is 20.1 Å². The van der Waals surface area contributed by atoms with Crippen molar-refractivity contribution in [3.8, 4) is 0 Å². The summed E-state index contributed by atoms with van der Waals surface area (Å²) in [5, 5.41) is 0.766. The van der Waals surface area contributed by atoms with Crippen molar-refractivity contribution in [1.82, 2.24) is 14.1 Å². The number of sulfonamides is 1. The number of halogens is 2. The summed E-state index contributed by atoms with van der Waals surface area (Å²) < 4.78 is 56.1. The van der Waals surface area contributed by atoms with E-state index in [2.05, 4.69) is 0 Å². The molecule has 0 spiro atoms. The van der Waals surface area contributed by atoms with E-state index in [1.165, 1.54) is 16.4 Å². The van der Waals surface area contributed by atoms with Crippen molar-refractivity contribution >= 4 is 49.4 Å². The van der Waals surface area contributed by atoms with Gasteiger partial charge in [-0.25, -0.2) is 13.2 Å². The second kappa shape index (κ2) is 11.1. The minimum atomic E-state index is -3.99. The minimum absolute atomic E-state index is 0.0684. The summed E-state index contributed by atoms with van der Waals surface area (Å²) in [5.74, 6) is -0.553. The van der Waals surface area contributed by atoms with E-state index in [0.29, 0.717) is 16.6 Å². The second-order valence-corrected chi connectivity index (χ2v) is 13.8. The van der Waals surface area contributed by atoms with Crippen LogP contribution in [0.2, 0.25) is 10.0 Å². The van der Waals surface area contributed by atoms with Gasteiger partial charge in [-0.3, -0.25) is 4.18 Å². The molecule has 202 valence electrons. The van der Waals surface area contributed by atoms with Gasteiger partial charge in [0.1, 0.15) is 0 Å². The molecule has 9 nitrogen and oxygen atoms in total. The highest BCUT2D eigenvalue weighted by Gasteiger charge is 2.40. The lowest BCUT2D eigenvalue weighted by Crippen LogP contribution is -2.53. The third-order valence-corrected chi connectivity index (χ3v) is 10.1. The molecular weight excluding hydrogens is 561 g/mol. The number of hydrogen-bond acceptors (Lipinski definition) is 6. The fourth-order valence-electron chi connectivity index (χ4n) is 4.68. The van der Waals surface area contributed by atoms with Crippen LogP contribution in [-0.2, 0) is 24.3 Å². The molecule has 2 heterocycles. The molecule has 2 fully saturated rings. The van der Waals surface area contributed by atoms with Gasteiger partial charge in [-0.1, -0.05) is 47.0 Å². The van der Waals surface area contributed by atoms with Crippen molar-refractivity contribution in [3.05, 3.63) is 63.6 Å². The molecule has 2 aliphatic rings. The van der Waals surface area contributed by atoms with E-state index in [0.717, 1.165) is 17.4 Å². The van der Waals surface area contributed by atoms with Crippen molar-refractivity contribution in [2.75, 3.05) is 52.1 Å². The van der Waals surface area contributed by atoms with Crippen LogP contribution in [0.5, 0.6) is 0 Å². The van der Waals surface area contributed by atoms with E-state index in [9.17, 15) is 21.6 Å². The predicted molar refractivity (Wildman–Crippen MR) is 142 cm³/mol. The smallest absolute Gasteiger partial charge is 0.320 e. The van der Waals surface area contributed by atoms with E-state index in [-0.39, 0.29) is 62.1 Å². The van der Waals surface area contributed by atoms with Crippen molar-refractivity contribution in [3.63, 3.8) is 0 Å². The number of likely N-dealkylation sites (tertiary alicyclic amines) is 1. The number of piperazine rings is 1. The minimum Gasteiger partial charge on any atom is -0.324 e. The Labute approximate surface area is 228 Å². The highest BCUT2D eigenvalue weighted by molar-refractivity contribution is 7.88. The Hall–Kier alpha value is -1.89. The van der Waals surface area contributed by atoms with Gasteiger partial charge in [0.2, 0.25) is 10.0 Å². The molecule has 0 aliphatic carbocycles. The molecule has 2 amide bonds. The molecule has 0 saturated carbocycles. The predicted octanol–water partition coefficient (Wildman–Crippen LogP) is 3.42. The highest BCUT2D eigenvalue weighted by Crippen LogP contribution is 2.37. The van der Waals surface area contributed by atoms with Gasteiger partial charge in [0.15, 0.2) is 0 Å². The Balaban J connectivity index is 1.51. The van der Waals surface area contributed by atoms with Crippen LogP contribution < -0.4 is 0 Å². The van der Waals surface area contributed by atoms with Gasteiger partial charge in [0.25, 0.3) is 10.1 Å². The first kappa shape index (κ1) is 28.1. The Kier molecular flexibility index (Phi) is 8.42. The Morgan fingerprint density at radius 2 is 1.57 bits per heavy atom. The maximum Gasteiger partial charge on any atom is 0.320 e. The molecule has 0 aromatic heterocycles. The van der Waals surface area contributed by atoms with Crippen LogP contribution in [0.1, 0.15) is 17.0 Å². The number of urea groups is 1. The van der Waals surface area contributed by atoms with Crippen LogP contribution in [0.25, 0.3) is 0 Å². The monoisotopic (exact) mass is 589 g/mol. The molecule has 2 aromatic carbocycles. The van der Waals surface area contributed by atoms with E-state index in [4.69, 9.17) is 27.4 Å². The molecule has 1 unspecified atom stereocenters. The SMILES string of the molecule is Cc1ccc(S(=O)(=O)OCC2CN(C(=O)N3CCN(S(C)(=O)=O)CC3)C[C@@H]2c2ccc(Cl)c(Cl)c2)cc1. The maximum absolute atomic E-state index is 13.3. The number of nitrogens with zero attached hydrogens (tertiary/aromatic N) is 3. The van der Waals surface area contributed by atoms with Crippen LogP contribution >= 0.6 is 23.2 Å². The Morgan fingerprint density at radius 1 is 0.919 bits per heavy atom. The molecule has 2 aromatic rings. The van der Waals surface area contributed by atoms with Gasteiger partial charge in [-0.15, -0.1) is 0 Å². The molecule has 2 aliphatic heterocycles. The number of amides is 2. The molecule has 0 bridgehead atoms. The largest absolute Gasteiger partial charge is 0.324 e. The zero-order valence-corrected chi connectivity index (χ0v) is 23.7.